The summed E-state index contributed by atoms with van der Waals surface area (Å²) in [6, 6.07) is 8.49. The largest absolute Gasteiger partial charge is 0.327 e. The van der Waals surface area contributed by atoms with Crippen molar-refractivity contribution in [2.45, 2.75) is 52.6 Å². The second-order valence-electron chi connectivity index (χ2n) is 5.61. The molecule has 0 spiro atoms. The topological polar surface area (TPSA) is 21.1 Å². The van der Waals surface area contributed by atoms with E-state index in [-0.39, 0.29) is 0 Å². The third kappa shape index (κ3) is 3.60. The van der Waals surface area contributed by atoms with Gasteiger partial charge in [-0.2, -0.15) is 0 Å². The summed E-state index contributed by atoms with van der Waals surface area (Å²) in [5, 5.41) is 0. The van der Waals surface area contributed by atoms with E-state index in [1.165, 1.54) is 37.0 Å². The lowest BCUT2D eigenvalue weighted by Gasteiger charge is -2.17. The molecule has 0 bridgehead atoms. The maximum absolute atomic E-state index is 4.83. The highest BCUT2D eigenvalue weighted by Crippen LogP contribution is 2.18. The maximum atomic E-state index is 4.83. The zero-order valence-electron chi connectivity index (χ0n) is 13.1. The molecule has 3 heteroatoms. The molecule has 110 valence electrons. The number of nitrogens with zero attached hydrogens (tertiary/aromatic N) is 3. The van der Waals surface area contributed by atoms with Crippen molar-refractivity contribution in [3.8, 4) is 0 Å². The Hall–Kier alpha value is -1.35. The van der Waals surface area contributed by atoms with E-state index in [9.17, 15) is 0 Å². The molecule has 0 saturated heterocycles. The number of unbranched alkanes of at least 4 members (excludes halogenated alkanes) is 2. The Morgan fingerprint density at radius 2 is 1.85 bits per heavy atom. The molecular formula is C17H27N3. The van der Waals surface area contributed by atoms with Crippen molar-refractivity contribution in [2.75, 3.05) is 13.6 Å². The zero-order chi connectivity index (χ0) is 14.4. The summed E-state index contributed by atoms with van der Waals surface area (Å²) >= 11 is 0. The Balaban J connectivity index is 2.21. The van der Waals surface area contributed by atoms with Crippen molar-refractivity contribution < 1.29 is 0 Å². The first-order chi connectivity index (χ1) is 9.76. The minimum absolute atomic E-state index is 0.943. The van der Waals surface area contributed by atoms with Gasteiger partial charge in [0.1, 0.15) is 5.82 Å². The Morgan fingerprint density at radius 1 is 1.10 bits per heavy atom. The van der Waals surface area contributed by atoms with E-state index in [0.29, 0.717) is 0 Å². The Morgan fingerprint density at radius 3 is 2.60 bits per heavy atom. The van der Waals surface area contributed by atoms with Crippen LogP contribution in [0.3, 0.4) is 0 Å². The maximum Gasteiger partial charge on any atom is 0.124 e. The SMILES string of the molecule is CCCCN(C)Cc1nc2ccccc2n1CCCC. The van der Waals surface area contributed by atoms with Gasteiger partial charge in [0.05, 0.1) is 17.6 Å². The smallest absolute Gasteiger partial charge is 0.124 e. The highest BCUT2D eigenvalue weighted by atomic mass is 15.2. The number of imidazole rings is 1. The van der Waals surface area contributed by atoms with Crippen LogP contribution in [0.25, 0.3) is 11.0 Å². The first-order valence-corrected chi connectivity index (χ1v) is 7.89. The van der Waals surface area contributed by atoms with Crippen molar-refractivity contribution in [1.29, 1.82) is 0 Å². The summed E-state index contributed by atoms with van der Waals surface area (Å²) in [6.07, 6.45) is 4.94. The lowest BCUT2D eigenvalue weighted by atomic mass is 10.3. The fourth-order valence-corrected chi connectivity index (χ4v) is 2.56. The molecule has 0 aliphatic heterocycles. The number of aryl methyl sites for hydroxylation is 1. The summed E-state index contributed by atoms with van der Waals surface area (Å²) in [6.45, 7) is 7.65. The highest BCUT2D eigenvalue weighted by molar-refractivity contribution is 5.75. The van der Waals surface area contributed by atoms with Crippen LogP contribution in [0.4, 0.5) is 0 Å². The van der Waals surface area contributed by atoms with Crippen LogP contribution in [0.5, 0.6) is 0 Å². The van der Waals surface area contributed by atoms with Gasteiger partial charge in [0.25, 0.3) is 0 Å². The third-order valence-corrected chi connectivity index (χ3v) is 3.77. The van der Waals surface area contributed by atoms with Crippen LogP contribution in [0.15, 0.2) is 24.3 Å². The van der Waals surface area contributed by atoms with Crippen LogP contribution in [0.2, 0.25) is 0 Å². The molecule has 1 heterocycles. The molecule has 2 aromatic rings. The van der Waals surface area contributed by atoms with Gasteiger partial charge in [-0.25, -0.2) is 4.98 Å². The summed E-state index contributed by atoms with van der Waals surface area (Å²) in [5.41, 5.74) is 2.40. The lowest BCUT2D eigenvalue weighted by molar-refractivity contribution is 0.307. The van der Waals surface area contributed by atoms with Crippen molar-refractivity contribution >= 4 is 11.0 Å². The van der Waals surface area contributed by atoms with Gasteiger partial charge in [-0.15, -0.1) is 0 Å². The summed E-state index contributed by atoms with van der Waals surface area (Å²) in [4.78, 5) is 7.22. The average molecular weight is 273 g/mol. The Kier molecular flexibility index (Phi) is 5.60. The molecule has 20 heavy (non-hydrogen) atoms. The second-order valence-corrected chi connectivity index (χ2v) is 5.61. The molecule has 3 nitrogen and oxygen atoms in total. The molecule has 1 aromatic heterocycles. The van der Waals surface area contributed by atoms with Crippen molar-refractivity contribution in [1.82, 2.24) is 14.5 Å². The summed E-state index contributed by atoms with van der Waals surface area (Å²) in [5.74, 6) is 1.21. The van der Waals surface area contributed by atoms with E-state index in [2.05, 4.69) is 54.6 Å². The molecule has 0 aliphatic rings. The van der Waals surface area contributed by atoms with Gasteiger partial charge >= 0.3 is 0 Å². The lowest BCUT2D eigenvalue weighted by Crippen LogP contribution is -2.21. The quantitative estimate of drug-likeness (QED) is 0.723. The van der Waals surface area contributed by atoms with E-state index < -0.39 is 0 Å². The molecule has 0 fully saturated rings. The van der Waals surface area contributed by atoms with Crippen molar-refractivity contribution in [2.24, 2.45) is 0 Å². The summed E-state index contributed by atoms with van der Waals surface area (Å²) in [7, 11) is 2.19. The standard InChI is InChI=1S/C17H27N3/c1-4-6-12-19(3)14-17-18-15-10-8-9-11-16(15)20(17)13-7-5-2/h8-11H,4-7,12-14H2,1-3H3. The van der Waals surface area contributed by atoms with Crippen molar-refractivity contribution in [3.63, 3.8) is 0 Å². The zero-order valence-corrected chi connectivity index (χ0v) is 13.1. The van der Waals surface area contributed by atoms with Gasteiger partial charge in [0.15, 0.2) is 0 Å². The van der Waals surface area contributed by atoms with Gasteiger partial charge in [-0.05, 0) is 38.6 Å². The van der Waals surface area contributed by atoms with E-state index in [1.807, 2.05) is 0 Å². The van der Waals surface area contributed by atoms with Crippen molar-refractivity contribution in [3.05, 3.63) is 30.1 Å². The number of rotatable bonds is 8. The van der Waals surface area contributed by atoms with Crippen LogP contribution >= 0.6 is 0 Å². The molecule has 0 unspecified atom stereocenters. The third-order valence-electron chi connectivity index (χ3n) is 3.77. The minimum atomic E-state index is 0.943. The normalized spacial score (nSPS) is 11.6. The molecule has 0 amide bonds. The Bertz CT molecular complexity index is 530. The number of para-hydroxylation sites is 2. The molecule has 0 saturated carbocycles. The van der Waals surface area contributed by atoms with Crippen LogP contribution in [-0.2, 0) is 13.1 Å². The molecule has 0 N–H and O–H groups in total. The number of aromatic nitrogens is 2. The fourth-order valence-electron chi connectivity index (χ4n) is 2.56. The van der Waals surface area contributed by atoms with Gasteiger partial charge < -0.3 is 4.57 Å². The Labute approximate surface area is 122 Å². The van der Waals surface area contributed by atoms with Gasteiger partial charge in [0, 0.05) is 6.54 Å². The van der Waals surface area contributed by atoms with E-state index in [4.69, 9.17) is 4.98 Å². The number of hydrogen-bond donors (Lipinski definition) is 0. The highest BCUT2D eigenvalue weighted by Gasteiger charge is 2.11. The molecule has 0 radical (unpaired) electrons. The minimum Gasteiger partial charge on any atom is -0.327 e. The number of benzene rings is 1. The summed E-state index contributed by atoms with van der Waals surface area (Å²) < 4.78 is 2.40. The predicted octanol–water partition coefficient (Wildman–Crippen LogP) is 4.07. The first-order valence-electron chi connectivity index (χ1n) is 7.89. The predicted molar refractivity (Wildman–Crippen MR) is 85.9 cm³/mol. The number of fused-ring (bicyclic) bond motifs is 1. The van der Waals surface area contributed by atoms with Crippen LogP contribution in [0.1, 0.15) is 45.4 Å². The monoisotopic (exact) mass is 273 g/mol. The van der Waals surface area contributed by atoms with E-state index in [1.54, 1.807) is 0 Å². The number of hydrogen-bond acceptors (Lipinski definition) is 2. The van der Waals surface area contributed by atoms with Crippen LogP contribution in [-0.4, -0.2) is 28.0 Å². The van der Waals surface area contributed by atoms with Crippen LogP contribution < -0.4 is 0 Å². The molecule has 0 atom stereocenters. The van der Waals surface area contributed by atoms with Crippen LogP contribution in [0, 0.1) is 0 Å². The molecule has 1 aromatic carbocycles. The first kappa shape index (κ1) is 15.0. The average Bonchev–Trinajstić information content (AvgIpc) is 2.80. The second kappa shape index (κ2) is 7.44. The van der Waals surface area contributed by atoms with Gasteiger partial charge in [-0.3, -0.25) is 4.90 Å². The molecular weight excluding hydrogens is 246 g/mol. The van der Waals surface area contributed by atoms with E-state index in [0.717, 1.165) is 25.2 Å². The van der Waals surface area contributed by atoms with Gasteiger partial charge in [-0.1, -0.05) is 38.8 Å². The van der Waals surface area contributed by atoms with Gasteiger partial charge in [0.2, 0.25) is 0 Å². The van der Waals surface area contributed by atoms with E-state index >= 15 is 0 Å². The molecule has 2 rings (SSSR count). The molecule has 0 aliphatic carbocycles. The fraction of sp³-hybridized carbons (Fsp3) is 0.588.